The fourth-order valence-corrected chi connectivity index (χ4v) is 1.51. The Labute approximate surface area is 93.4 Å². The lowest BCUT2D eigenvalue weighted by molar-refractivity contribution is 0.0494. The van der Waals surface area contributed by atoms with Gasteiger partial charge in [0.1, 0.15) is 0 Å². The van der Waals surface area contributed by atoms with Crippen LogP contribution in [-0.4, -0.2) is 17.6 Å². The molecule has 0 spiro atoms. The number of pyridine rings is 1. The molecule has 1 heterocycles. The molecular weight excluding hydrogens is 214 g/mol. The summed E-state index contributed by atoms with van der Waals surface area (Å²) in [4.78, 5) is 15.4. The molecule has 1 fully saturated rings. The van der Waals surface area contributed by atoms with E-state index in [4.69, 9.17) is 16.3 Å². The minimum Gasteiger partial charge on any atom is -0.462 e. The molecule has 0 saturated heterocycles. The fourth-order valence-electron chi connectivity index (χ4n) is 1.33. The highest BCUT2D eigenvalue weighted by atomic mass is 35.5. The number of nitrogens with zero attached hydrogens (tertiary/aromatic N) is 1. The third-order valence-electron chi connectivity index (χ3n) is 2.44. The molecule has 15 heavy (non-hydrogen) atoms. The lowest BCUT2D eigenvalue weighted by Gasteiger charge is -2.04. The Morgan fingerprint density at radius 2 is 2.40 bits per heavy atom. The van der Waals surface area contributed by atoms with Crippen LogP contribution in [0.2, 0.25) is 5.02 Å². The van der Waals surface area contributed by atoms with Crippen LogP contribution in [0.5, 0.6) is 0 Å². The smallest absolute Gasteiger partial charge is 0.341 e. The Bertz CT molecular complexity index is 363. The zero-order valence-electron chi connectivity index (χ0n) is 8.28. The fraction of sp³-hybridized carbons (Fsp3) is 0.455. The van der Waals surface area contributed by atoms with Crippen molar-refractivity contribution >= 4 is 17.6 Å². The molecule has 0 N–H and O–H groups in total. The molecule has 0 aliphatic heterocycles. The van der Waals surface area contributed by atoms with Crippen molar-refractivity contribution in [3.63, 3.8) is 0 Å². The van der Waals surface area contributed by atoms with E-state index in [2.05, 4.69) is 4.98 Å². The van der Waals surface area contributed by atoms with Gasteiger partial charge in [0, 0.05) is 12.4 Å². The monoisotopic (exact) mass is 225 g/mol. The van der Waals surface area contributed by atoms with E-state index in [0.717, 1.165) is 12.3 Å². The molecule has 1 aliphatic carbocycles. The first-order valence-electron chi connectivity index (χ1n) is 5.04. The number of ether oxygens (including phenoxy) is 1. The summed E-state index contributed by atoms with van der Waals surface area (Å²) in [7, 11) is 0. The van der Waals surface area contributed by atoms with Crippen LogP contribution in [0.4, 0.5) is 0 Å². The third kappa shape index (κ3) is 2.93. The second-order valence-corrected chi connectivity index (χ2v) is 4.13. The van der Waals surface area contributed by atoms with Gasteiger partial charge in [-0.3, -0.25) is 4.98 Å². The van der Waals surface area contributed by atoms with Gasteiger partial charge in [0.15, 0.2) is 0 Å². The number of hydrogen-bond acceptors (Lipinski definition) is 3. The zero-order chi connectivity index (χ0) is 10.7. The van der Waals surface area contributed by atoms with Crippen molar-refractivity contribution in [2.24, 2.45) is 5.92 Å². The van der Waals surface area contributed by atoms with Crippen molar-refractivity contribution in [1.82, 2.24) is 4.98 Å². The Kier molecular flexibility index (Phi) is 3.21. The van der Waals surface area contributed by atoms with Gasteiger partial charge in [0.25, 0.3) is 0 Å². The van der Waals surface area contributed by atoms with Crippen molar-refractivity contribution in [2.45, 2.75) is 19.3 Å². The molecule has 80 valence electrons. The molecule has 0 unspecified atom stereocenters. The molecule has 0 atom stereocenters. The average Bonchev–Trinajstić information content (AvgIpc) is 3.02. The molecule has 1 aromatic heterocycles. The van der Waals surface area contributed by atoms with Crippen LogP contribution in [-0.2, 0) is 4.74 Å². The van der Waals surface area contributed by atoms with E-state index in [-0.39, 0.29) is 5.97 Å². The van der Waals surface area contributed by atoms with Gasteiger partial charge in [0.2, 0.25) is 0 Å². The molecule has 0 radical (unpaired) electrons. The zero-order valence-corrected chi connectivity index (χ0v) is 9.04. The van der Waals surface area contributed by atoms with E-state index < -0.39 is 0 Å². The molecule has 0 aromatic carbocycles. The maximum atomic E-state index is 11.5. The molecule has 4 heteroatoms. The molecule has 0 amide bonds. The number of aromatic nitrogens is 1. The highest BCUT2D eigenvalue weighted by Gasteiger charge is 2.21. The number of hydrogen-bond donors (Lipinski definition) is 0. The molecule has 1 saturated carbocycles. The first-order chi connectivity index (χ1) is 7.27. The number of esters is 1. The second kappa shape index (κ2) is 4.62. The Balaban J connectivity index is 1.86. The van der Waals surface area contributed by atoms with E-state index in [1.807, 2.05) is 0 Å². The van der Waals surface area contributed by atoms with Gasteiger partial charge >= 0.3 is 5.97 Å². The predicted octanol–water partition coefficient (Wildman–Crippen LogP) is 2.69. The van der Waals surface area contributed by atoms with Gasteiger partial charge in [0.05, 0.1) is 17.2 Å². The topological polar surface area (TPSA) is 39.2 Å². The van der Waals surface area contributed by atoms with Crippen LogP contribution < -0.4 is 0 Å². The highest BCUT2D eigenvalue weighted by Crippen LogP contribution is 2.32. The summed E-state index contributed by atoms with van der Waals surface area (Å²) < 4.78 is 5.10. The van der Waals surface area contributed by atoms with Gasteiger partial charge in [-0.25, -0.2) is 4.79 Å². The summed E-state index contributed by atoms with van der Waals surface area (Å²) in [6.45, 7) is 0.481. The molecular formula is C11H12ClNO2. The molecule has 0 bridgehead atoms. The van der Waals surface area contributed by atoms with Gasteiger partial charge in [-0.1, -0.05) is 24.4 Å². The van der Waals surface area contributed by atoms with Crippen molar-refractivity contribution in [3.8, 4) is 0 Å². The number of carbonyl (C=O) groups is 1. The highest BCUT2D eigenvalue weighted by molar-refractivity contribution is 6.33. The van der Waals surface area contributed by atoms with E-state index in [0.29, 0.717) is 17.2 Å². The predicted molar refractivity (Wildman–Crippen MR) is 56.9 cm³/mol. The summed E-state index contributed by atoms with van der Waals surface area (Å²) in [5, 5.41) is 0.390. The number of rotatable bonds is 4. The van der Waals surface area contributed by atoms with Crippen LogP contribution in [0, 0.1) is 5.92 Å². The Morgan fingerprint density at radius 3 is 3.07 bits per heavy atom. The molecule has 1 aromatic rings. The number of halogens is 1. The third-order valence-corrected chi connectivity index (χ3v) is 2.77. The van der Waals surface area contributed by atoms with Crippen LogP contribution in [0.3, 0.4) is 0 Å². The van der Waals surface area contributed by atoms with Crippen LogP contribution in [0.1, 0.15) is 29.6 Å². The lowest BCUT2D eigenvalue weighted by Crippen LogP contribution is -2.07. The summed E-state index contributed by atoms with van der Waals surface area (Å²) >= 11 is 5.83. The lowest BCUT2D eigenvalue weighted by atomic mass is 10.3. The van der Waals surface area contributed by atoms with Crippen LogP contribution in [0.25, 0.3) is 0 Å². The van der Waals surface area contributed by atoms with Gasteiger partial charge in [-0.05, 0) is 18.4 Å². The largest absolute Gasteiger partial charge is 0.462 e. The van der Waals surface area contributed by atoms with Gasteiger partial charge < -0.3 is 4.74 Å². The summed E-state index contributed by atoms with van der Waals surface area (Å²) in [5.41, 5.74) is 0.343. The molecule has 1 aliphatic rings. The maximum absolute atomic E-state index is 11.5. The summed E-state index contributed by atoms with van der Waals surface area (Å²) in [5.74, 6) is 0.385. The quantitative estimate of drug-likeness (QED) is 0.740. The van der Waals surface area contributed by atoms with E-state index >= 15 is 0 Å². The molecule has 3 nitrogen and oxygen atoms in total. The van der Waals surface area contributed by atoms with Crippen molar-refractivity contribution in [1.29, 1.82) is 0 Å². The van der Waals surface area contributed by atoms with E-state index in [1.165, 1.54) is 19.0 Å². The van der Waals surface area contributed by atoms with E-state index in [1.54, 1.807) is 12.3 Å². The number of carbonyl (C=O) groups excluding carboxylic acids is 1. The Hall–Kier alpha value is -1.09. The first kappa shape index (κ1) is 10.4. The van der Waals surface area contributed by atoms with Crippen LogP contribution >= 0.6 is 11.6 Å². The van der Waals surface area contributed by atoms with Crippen LogP contribution in [0.15, 0.2) is 18.5 Å². The minimum absolute atomic E-state index is 0.343. The van der Waals surface area contributed by atoms with Crippen molar-refractivity contribution in [2.75, 3.05) is 6.61 Å². The summed E-state index contributed by atoms with van der Waals surface area (Å²) in [6.07, 6.45) is 6.48. The SMILES string of the molecule is O=C(OCCC1CC1)c1cnccc1Cl. The first-order valence-corrected chi connectivity index (χ1v) is 5.42. The van der Waals surface area contributed by atoms with Gasteiger partial charge in [-0.2, -0.15) is 0 Å². The van der Waals surface area contributed by atoms with Crippen molar-refractivity contribution < 1.29 is 9.53 Å². The maximum Gasteiger partial charge on any atom is 0.341 e. The second-order valence-electron chi connectivity index (χ2n) is 3.72. The normalized spacial score (nSPS) is 15.0. The van der Waals surface area contributed by atoms with Gasteiger partial charge in [-0.15, -0.1) is 0 Å². The summed E-state index contributed by atoms with van der Waals surface area (Å²) in [6, 6.07) is 1.58. The Morgan fingerprint density at radius 1 is 1.60 bits per heavy atom. The van der Waals surface area contributed by atoms with Crippen molar-refractivity contribution in [3.05, 3.63) is 29.0 Å². The van der Waals surface area contributed by atoms with E-state index in [9.17, 15) is 4.79 Å². The standard InChI is InChI=1S/C11H12ClNO2/c12-10-3-5-13-7-9(10)11(14)15-6-4-8-1-2-8/h3,5,7-8H,1-2,4,6H2. The average molecular weight is 226 g/mol. The minimum atomic E-state index is -0.381. The molecule has 2 rings (SSSR count).